The van der Waals surface area contributed by atoms with E-state index in [-0.39, 0.29) is 11.9 Å². The highest BCUT2D eigenvalue weighted by molar-refractivity contribution is 7.92. The number of carbonyl (C=O) groups excluding carboxylic acids is 1. The smallest absolute Gasteiger partial charge is 0.246 e. The van der Waals surface area contributed by atoms with Gasteiger partial charge in [0.15, 0.2) is 0 Å². The number of hydrogen-bond donors (Lipinski definition) is 1. The van der Waals surface area contributed by atoms with Crippen molar-refractivity contribution in [3.8, 4) is 0 Å². The van der Waals surface area contributed by atoms with Crippen LogP contribution < -0.4 is 0 Å². The molecule has 1 rings (SSSR count). The maximum atomic E-state index is 11.4. The first kappa shape index (κ1) is 11.2. The van der Waals surface area contributed by atoms with Crippen molar-refractivity contribution in [1.29, 1.82) is 4.78 Å². The van der Waals surface area contributed by atoms with E-state index in [1.807, 2.05) is 0 Å². The number of amides is 1. The number of nitrogens with zero attached hydrogens (tertiary/aromatic N) is 1. The molecule has 0 aromatic heterocycles. The van der Waals surface area contributed by atoms with E-state index in [1.54, 1.807) is 24.9 Å². The number of likely N-dealkylation sites (N-methyl/N-ethyl adjacent to an activating group) is 1. The number of hydrogen-bond acceptors (Lipinski definition) is 3. The number of rotatable bonds is 2. The molecule has 1 saturated heterocycles. The lowest BCUT2D eigenvalue weighted by atomic mass is 10.2. The van der Waals surface area contributed by atoms with E-state index in [0.717, 1.165) is 0 Å². The molecule has 80 valence electrons. The molecule has 0 saturated carbocycles. The van der Waals surface area contributed by atoms with Crippen molar-refractivity contribution in [3.05, 3.63) is 12.2 Å². The van der Waals surface area contributed by atoms with Crippen molar-refractivity contribution >= 4 is 15.6 Å². The van der Waals surface area contributed by atoms with Gasteiger partial charge in [-0.15, -0.1) is 0 Å². The molecule has 2 atom stereocenters. The summed E-state index contributed by atoms with van der Waals surface area (Å²) in [4.78, 5) is 13.0. The monoisotopic (exact) mass is 216 g/mol. The Balaban J connectivity index is 2.64. The molecule has 0 bridgehead atoms. The SMILES string of the molecule is C/C=C/C(=O)N(C)C1CCS(=N)(=O)C1. The highest BCUT2D eigenvalue weighted by atomic mass is 32.2. The predicted molar refractivity (Wildman–Crippen MR) is 56.6 cm³/mol. The second kappa shape index (κ2) is 4.13. The van der Waals surface area contributed by atoms with E-state index in [1.165, 1.54) is 6.08 Å². The molecule has 1 aliphatic rings. The van der Waals surface area contributed by atoms with Crippen molar-refractivity contribution in [3.63, 3.8) is 0 Å². The minimum absolute atomic E-state index is 0.0244. The van der Waals surface area contributed by atoms with Crippen LogP contribution in [-0.2, 0) is 14.5 Å². The predicted octanol–water partition coefficient (Wildman–Crippen LogP) is 0.840. The van der Waals surface area contributed by atoms with Gasteiger partial charge in [-0.25, -0.2) is 4.21 Å². The van der Waals surface area contributed by atoms with Crippen LogP contribution in [0.1, 0.15) is 13.3 Å². The molecule has 14 heavy (non-hydrogen) atoms. The van der Waals surface area contributed by atoms with Crippen LogP contribution in [0.15, 0.2) is 12.2 Å². The lowest BCUT2D eigenvalue weighted by Crippen LogP contribution is -2.36. The average Bonchev–Trinajstić information content (AvgIpc) is 2.45. The lowest BCUT2D eigenvalue weighted by Gasteiger charge is -2.21. The summed E-state index contributed by atoms with van der Waals surface area (Å²) in [6.07, 6.45) is 3.86. The van der Waals surface area contributed by atoms with Crippen LogP contribution in [-0.4, -0.2) is 39.6 Å². The Morgan fingerprint density at radius 1 is 1.64 bits per heavy atom. The molecule has 1 heterocycles. The Morgan fingerprint density at radius 2 is 2.29 bits per heavy atom. The zero-order valence-electron chi connectivity index (χ0n) is 8.53. The second-order valence-corrected chi connectivity index (χ2v) is 5.94. The number of carbonyl (C=O) groups is 1. The molecule has 2 unspecified atom stereocenters. The third-order valence-corrected chi connectivity index (χ3v) is 4.27. The van der Waals surface area contributed by atoms with Crippen molar-refractivity contribution < 1.29 is 9.00 Å². The Kier molecular flexibility index (Phi) is 3.31. The molecule has 0 radical (unpaired) electrons. The average molecular weight is 216 g/mol. The van der Waals surface area contributed by atoms with Crippen LogP contribution in [0.25, 0.3) is 0 Å². The quantitative estimate of drug-likeness (QED) is 0.695. The summed E-state index contributed by atoms with van der Waals surface area (Å²) in [5.41, 5.74) is 0. The van der Waals surface area contributed by atoms with Gasteiger partial charge in [-0.3, -0.25) is 9.57 Å². The Bertz CT molecular complexity index is 346. The van der Waals surface area contributed by atoms with E-state index < -0.39 is 9.73 Å². The van der Waals surface area contributed by atoms with E-state index in [4.69, 9.17) is 4.78 Å². The molecule has 1 amide bonds. The van der Waals surface area contributed by atoms with Crippen LogP contribution in [0.2, 0.25) is 0 Å². The summed E-state index contributed by atoms with van der Waals surface area (Å²) < 4.78 is 18.8. The van der Waals surface area contributed by atoms with E-state index >= 15 is 0 Å². The van der Waals surface area contributed by atoms with Crippen LogP contribution in [0, 0.1) is 4.78 Å². The molecule has 0 aromatic rings. The van der Waals surface area contributed by atoms with Gasteiger partial charge < -0.3 is 4.90 Å². The largest absolute Gasteiger partial charge is 0.338 e. The first-order valence-corrected chi connectivity index (χ1v) is 6.49. The van der Waals surface area contributed by atoms with E-state index in [0.29, 0.717) is 17.9 Å². The minimum atomic E-state index is -2.41. The Hall–Kier alpha value is -0.840. The van der Waals surface area contributed by atoms with Crippen LogP contribution >= 0.6 is 0 Å². The van der Waals surface area contributed by atoms with Crippen molar-refractivity contribution in [2.45, 2.75) is 19.4 Å². The van der Waals surface area contributed by atoms with Gasteiger partial charge in [0.2, 0.25) is 5.91 Å². The molecule has 5 heteroatoms. The van der Waals surface area contributed by atoms with Crippen LogP contribution in [0.5, 0.6) is 0 Å². The highest BCUT2D eigenvalue weighted by Gasteiger charge is 2.29. The van der Waals surface area contributed by atoms with E-state index in [9.17, 15) is 9.00 Å². The molecule has 1 N–H and O–H groups in total. The molecule has 0 spiro atoms. The molecular formula is C9H16N2O2S. The normalized spacial score (nSPS) is 32.3. The summed E-state index contributed by atoms with van der Waals surface area (Å²) >= 11 is 0. The van der Waals surface area contributed by atoms with Crippen LogP contribution in [0.4, 0.5) is 0 Å². The summed E-state index contributed by atoms with van der Waals surface area (Å²) in [6.45, 7) is 1.79. The van der Waals surface area contributed by atoms with Crippen molar-refractivity contribution in [2.24, 2.45) is 0 Å². The minimum Gasteiger partial charge on any atom is -0.338 e. The molecule has 4 nitrogen and oxygen atoms in total. The molecule has 0 aromatic carbocycles. The third kappa shape index (κ3) is 2.57. The summed E-state index contributed by atoms with van der Waals surface area (Å²) in [5.74, 6) is 0.673. The standard InChI is InChI=1S/C9H16N2O2S/c1-3-4-9(12)11(2)8-5-6-14(10,13)7-8/h3-4,8,10H,5-7H2,1-2H3/b4-3+. The van der Waals surface area contributed by atoms with Gasteiger partial charge in [0.25, 0.3) is 0 Å². The lowest BCUT2D eigenvalue weighted by molar-refractivity contribution is -0.126. The molecular weight excluding hydrogens is 200 g/mol. The van der Waals surface area contributed by atoms with Gasteiger partial charge in [-0.2, -0.15) is 0 Å². The van der Waals surface area contributed by atoms with Gasteiger partial charge in [0.1, 0.15) is 0 Å². The summed E-state index contributed by atoms with van der Waals surface area (Å²) in [6, 6.07) is -0.0244. The van der Waals surface area contributed by atoms with Gasteiger partial charge >= 0.3 is 0 Å². The summed E-state index contributed by atoms with van der Waals surface area (Å²) in [5, 5.41) is 0. The second-order valence-electron chi connectivity index (χ2n) is 3.57. The van der Waals surface area contributed by atoms with Gasteiger partial charge in [0, 0.05) is 28.6 Å². The van der Waals surface area contributed by atoms with Crippen molar-refractivity contribution in [1.82, 2.24) is 4.90 Å². The molecule has 1 fully saturated rings. The van der Waals surface area contributed by atoms with Gasteiger partial charge in [-0.1, -0.05) is 6.08 Å². The van der Waals surface area contributed by atoms with Crippen LogP contribution in [0.3, 0.4) is 0 Å². The molecule has 0 aliphatic carbocycles. The Labute approximate surface area is 85.0 Å². The topological polar surface area (TPSA) is 61.2 Å². The fraction of sp³-hybridized carbons (Fsp3) is 0.667. The van der Waals surface area contributed by atoms with Gasteiger partial charge in [-0.05, 0) is 19.4 Å². The fourth-order valence-corrected chi connectivity index (χ4v) is 3.38. The first-order chi connectivity index (χ1) is 6.46. The number of allylic oxidation sites excluding steroid dienone is 1. The van der Waals surface area contributed by atoms with Gasteiger partial charge in [0.05, 0.1) is 5.75 Å². The number of nitrogens with one attached hydrogen (secondary N) is 1. The van der Waals surface area contributed by atoms with E-state index in [2.05, 4.69) is 0 Å². The summed E-state index contributed by atoms with van der Waals surface area (Å²) in [7, 11) is -0.705. The van der Waals surface area contributed by atoms with Crippen molar-refractivity contribution in [2.75, 3.05) is 18.6 Å². The molecule has 1 aliphatic heterocycles. The zero-order valence-corrected chi connectivity index (χ0v) is 9.34. The third-order valence-electron chi connectivity index (χ3n) is 2.45. The first-order valence-electron chi connectivity index (χ1n) is 4.60. The highest BCUT2D eigenvalue weighted by Crippen LogP contribution is 2.17. The zero-order chi connectivity index (χ0) is 10.8. The Morgan fingerprint density at radius 3 is 2.71 bits per heavy atom. The maximum absolute atomic E-state index is 11.4. The maximum Gasteiger partial charge on any atom is 0.246 e. The fourth-order valence-electron chi connectivity index (χ4n) is 1.55.